The first-order chi connectivity index (χ1) is 7.74. The van der Waals surface area contributed by atoms with Crippen LogP contribution in [0.2, 0.25) is 0 Å². The van der Waals surface area contributed by atoms with Gasteiger partial charge in [-0.05, 0) is 36.1 Å². The summed E-state index contributed by atoms with van der Waals surface area (Å²) in [5.41, 5.74) is 2.54. The van der Waals surface area contributed by atoms with E-state index in [-0.39, 0.29) is 0 Å². The summed E-state index contributed by atoms with van der Waals surface area (Å²) in [6.07, 6.45) is 2.59. The summed E-state index contributed by atoms with van der Waals surface area (Å²) in [4.78, 5) is 2.47. The molecule has 3 heteroatoms. The summed E-state index contributed by atoms with van der Waals surface area (Å²) >= 11 is 9.50. The lowest BCUT2D eigenvalue weighted by Gasteiger charge is -2.21. The molecule has 1 heterocycles. The highest BCUT2D eigenvalue weighted by atomic mass is 79.9. The molecule has 88 valence electrons. The average molecular weight is 303 g/mol. The SMILES string of the molecule is CCC1CCN(c2ccc(Br)cc2CCl)C1. The monoisotopic (exact) mass is 301 g/mol. The maximum Gasteiger partial charge on any atom is 0.0494 e. The van der Waals surface area contributed by atoms with E-state index in [0.29, 0.717) is 5.88 Å². The molecule has 0 aromatic heterocycles. The lowest BCUT2D eigenvalue weighted by atomic mass is 10.1. The van der Waals surface area contributed by atoms with Gasteiger partial charge in [0.15, 0.2) is 0 Å². The minimum Gasteiger partial charge on any atom is -0.371 e. The predicted molar refractivity (Wildman–Crippen MR) is 74.3 cm³/mol. The molecule has 0 aliphatic carbocycles. The zero-order chi connectivity index (χ0) is 11.5. The molecule has 1 aromatic rings. The van der Waals surface area contributed by atoms with E-state index in [1.807, 2.05) is 0 Å². The van der Waals surface area contributed by atoms with Crippen molar-refractivity contribution in [3.05, 3.63) is 28.2 Å². The fourth-order valence-corrected chi connectivity index (χ4v) is 2.98. The van der Waals surface area contributed by atoms with Gasteiger partial charge in [0.05, 0.1) is 0 Å². The Hall–Kier alpha value is -0.210. The molecule has 1 saturated heterocycles. The van der Waals surface area contributed by atoms with Gasteiger partial charge in [0.1, 0.15) is 0 Å². The van der Waals surface area contributed by atoms with E-state index in [2.05, 4.69) is 46.0 Å². The van der Waals surface area contributed by atoms with Crippen molar-refractivity contribution >= 4 is 33.2 Å². The topological polar surface area (TPSA) is 3.24 Å². The third kappa shape index (κ3) is 2.54. The standard InChI is InChI=1S/C13H17BrClN/c1-2-10-5-6-16(9-10)13-4-3-12(14)7-11(13)8-15/h3-4,7,10H,2,5-6,8-9H2,1H3. The maximum absolute atomic E-state index is 6.01. The third-order valence-electron chi connectivity index (χ3n) is 3.39. The van der Waals surface area contributed by atoms with E-state index < -0.39 is 0 Å². The van der Waals surface area contributed by atoms with E-state index in [0.717, 1.165) is 10.4 Å². The molecule has 2 rings (SSSR count). The van der Waals surface area contributed by atoms with Gasteiger partial charge in [-0.15, -0.1) is 11.6 Å². The van der Waals surface area contributed by atoms with Crippen LogP contribution in [-0.4, -0.2) is 13.1 Å². The van der Waals surface area contributed by atoms with Crippen LogP contribution in [0, 0.1) is 5.92 Å². The van der Waals surface area contributed by atoms with E-state index in [1.165, 1.54) is 37.2 Å². The molecule has 0 bridgehead atoms. The Morgan fingerprint density at radius 3 is 2.94 bits per heavy atom. The van der Waals surface area contributed by atoms with Crippen molar-refractivity contribution in [3.63, 3.8) is 0 Å². The van der Waals surface area contributed by atoms with Crippen molar-refractivity contribution in [1.29, 1.82) is 0 Å². The van der Waals surface area contributed by atoms with Gasteiger partial charge in [0.2, 0.25) is 0 Å². The van der Waals surface area contributed by atoms with Gasteiger partial charge < -0.3 is 4.90 Å². The number of hydrogen-bond acceptors (Lipinski definition) is 1. The summed E-state index contributed by atoms with van der Waals surface area (Å²) in [5.74, 6) is 1.44. The Labute approximate surface area is 111 Å². The van der Waals surface area contributed by atoms with Crippen LogP contribution in [0.5, 0.6) is 0 Å². The van der Waals surface area contributed by atoms with Crippen LogP contribution in [0.3, 0.4) is 0 Å². The van der Waals surface area contributed by atoms with E-state index >= 15 is 0 Å². The van der Waals surface area contributed by atoms with Crippen LogP contribution in [0.25, 0.3) is 0 Å². The molecule has 16 heavy (non-hydrogen) atoms. The number of rotatable bonds is 3. The first-order valence-electron chi connectivity index (χ1n) is 5.84. The molecule has 1 atom stereocenters. The number of benzene rings is 1. The van der Waals surface area contributed by atoms with Gasteiger partial charge in [0.25, 0.3) is 0 Å². The smallest absolute Gasteiger partial charge is 0.0494 e. The lowest BCUT2D eigenvalue weighted by Crippen LogP contribution is -2.20. The van der Waals surface area contributed by atoms with Crippen molar-refractivity contribution in [2.75, 3.05) is 18.0 Å². The van der Waals surface area contributed by atoms with Gasteiger partial charge in [0, 0.05) is 29.1 Å². The Morgan fingerprint density at radius 2 is 2.31 bits per heavy atom. The van der Waals surface area contributed by atoms with Gasteiger partial charge in [-0.25, -0.2) is 0 Å². The number of hydrogen-bond donors (Lipinski definition) is 0. The van der Waals surface area contributed by atoms with Crippen molar-refractivity contribution in [3.8, 4) is 0 Å². The second-order valence-electron chi connectivity index (χ2n) is 4.42. The van der Waals surface area contributed by atoms with Gasteiger partial charge >= 0.3 is 0 Å². The molecule has 0 spiro atoms. The van der Waals surface area contributed by atoms with Crippen LogP contribution in [0.15, 0.2) is 22.7 Å². The summed E-state index contributed by atoms with van der Waals surface area (Å²) in [6, 6.07) is 6.41. The molecule has 0 N–H and O–H groups in total. The summed E-state index contributed by atoms with van der Waals surface area (Å²) < 4.78 is 1.11. The molecule has 1 fully saturated rings. The van der Waals surface area contributed by atoms with E-state index in [4.69, 9.17) is 11.6 Å². The van der Waals surface area contributed by atoms with Crippen molar-refractivity contribution in [2.45, 2.75) is 25.6 Å². The fourth-order valence-electron chi connectivity index (χ4n) is 2.35. The quantitative estimate of drug-likeness (QED) is 0.747. The Bertz CT molecular complexity index is 367. The Morgan fingerprint density at radius 1 is 1.50 bits per heavy atom. The number of halogens is 2. The van der Waals surface area contributed by atoms with E-state index in [1.54, 1.807) is 0 Å². The summed E-state index contributed by atoms with van der Waals surface area (Å²) in [7, 11) is 0. The third-order valence-corrected chi connectivity index (χ3v) is 4.17. The van der Waals surface area contributed by atoms with Crippen LogP contribution in [-0.2, 0) is 5.88 Å². The van der Waals surface area contributed by atoms with Crippen LogP contribution in [0.1, 0.15) is 25.3 Å². The van der Waals surface area contributed by atoms with Gasteiger partial charge in [-0.3, -0.25) is 0 Å². The van der Waals surface area contributed by atoms with Crippen molar-refractivity contribution < 1.29 is 0 Å². The molecular formula is C13H17BrClN. The highest BCUT2D eigenvalue weighted by molar-refractivity contribution is 9.10. The first-order valence-corrected chi connectivity index (χ1v) is 7.16. The lowest BCUT2D eigenvalue weighted by molar-refractivity contribution is 0.569. The maximum atomic E-state index is 6.01. The fraction of sp³-hybridized carbons (Fsp3) is 0.538. The van der Waals surface area contributed by atoms with Crippen molar-refractivity contribution in [1.82, 2.24) is 0 Å². The van der Waals surface area contributed by atoms with Crippen LogP contribution < -0.4 is 4.90 Å². The normalized spacial score (nSPS) is 20.4. The van der Waals surface area contributed by atoms with Crippen LogP contribution >= 0.6 is 27.5 Å². The first kappa shape index (κ1) is 12.3. The molecular weight excluding hydrogens is 286 g/mol. The minimum atomic E-state index is 0.585. The highest BCUT2D eigenvalue weighted by Crippen LogP contribution is 2.31. The molecule has 0 radical (unpaired) electrons. The molecule has 1 aromatic carbocycles. The Kier molecular flexibility index (Phi) is 4.15. The second kappa shape index (κ2) is 5.42. The molecule has 1 aliphatic rings. The minimum absolute atomic E-state index is 0.585. The summed E-state index contributed by atoms with van der Waals surface area (Å²) in [6.45, 7) is 4.63. The number of anilines is 1. The predicted octanol–water partition coefficient (Wildman–Crippen LogP) is 4.42. The number of alkyl halides is 1. The summed E-state index contributed by atoms with van der Waals surface area (Å²) in [5, 5.41) is 0. The van der Waals surface area contributed by atoms with Crippen LogP contribution in [0.4, 0.5) is 5.69 Å². The molecule has 1 aliphatic heterocycles. The molecule has 0 saturated carbocycles. The Balaban J connectivity index is 2.20. The molecule has 1 unspecified atom stereocenters. The highest BCUT2D eigenvalue weighted by Gasteiger charge is 2.22. The zero-order valence-corrected chi connectivity index (χ0v) is 11.9. The molecule has 0 amide bonds. The second-order valence-corrected chi connectivity index (χ2v) is 5.60. The molecule has 1 nitrogen and oxygen atoms in total. The van der Waals surface area contributed by atoms with Gasteiger partial charge in [-0.1, -0.05) is 29.3 Å². The van der Waals surface area contributed by atoms with Gasteiger partial charge in [-0.2, -0.15) is 0 Å². The van der Waals surface area contributed by atoms with Crippen molar-refractivity contribution in [2.24, 2.45) is 5.92 Å². The average Bonchev–Trinajstić information content (AvgIpc) is 2.77. The number of nitrogens with zero attached hydrogens (tertiary/aromatic N) is 1. The zero-order valence-electron chi connectivity index (χ0n) is 9.55. The van der Waals surface area contributed by atoms with E-state index in [9.17, 15) is 0 Å². The largest absolute Gasteiger partial charge is 0.371 e.